The van der Waals surface area contributed by atoms with Crippen molar-refractivity contribution in [1.29, 1.82) is 0 Å². The van der Waals surface area contributed by atoms with Crippen molar-refractivity contribution in [3.05, 3.63) is 42.1 Å². The Kier molecular flexibility index (Phi) is 4.04. The third kappa shape index (κ3) is 3.26. The van der Waals surface area contributed by atoms with E-state index in [0.717, 1.165) is 5.56 Å². The van der Waals surface area contributed by atoms with E-state index in [1.807, 2.05) is 30.3 Å². The molecule has 0 saturated heterocycles. The third-order valence-corrected chi connectivity index (χ3v) is 2.44. The normalized spacial score (nSPS) is 10.2. The molecular weight excluding hydrogens is 244 g/mol. The molecule has 0 unspecified atom stereocenters. The highest BCUT2D eigenvalue weighted by atomic mass is 16.3. The summed E-state index contributed by atoms with van der Waals surface area (Å²) in [6.07, 6.45) is 0. The van der Waals surface area contributed by atoms with Gasteiger partial charge < -0.3 is 16.2 Å². The Morgan fingerprint density at radius 3 is 2.63 bits per heavy atom. The van der Waals surface area contributed by atoms with E-state index >= 15 is 0 Å². The van der Waals surface area contributed by atoms with E-state index in [4.69, 9.17) is 10.8 Å². The van der Waals surface area contributed by atoms with Gasteiger partial charge in [-0.1, -0.05) is 30.3 Å². The van der Waals surface area contributed by atoms with E-state index in [9.17, 15) is 4.79 Å². The van der Waals surface area contributed by atoms with Gasteiger partial charge in [0.15, 0.2) is 0 Å². The monoisotopic (exact) mass is 258 g/mol. The zero-order chi connectivity index (χ0) is 13.7. The maximum absolute atomic E-state index is 11.3. The van der Waals surface area contributed by atoms with Crippen LogP contribution in [0.5, 0.6) is 0 Å². The molecule has 0 atom stereocenters. The standard InChI is InChI=1S/C13H14N4O2/c14-12(19)11-8-10(9-4-2-1-3-5-9)16-13(17-11)15-6-7-18/h1-5,8,18H,6-7H2,(H2,14,19)(H,15,16,17). The summed E-state index contributed by atoms with van der Waals surface area (Å²) in [6, 6.07) is 10.9. The van der Waals surface area contributed by atoms with Crippen LogP contribution in [0.1, 0.15) is 10.5 Å². The highest BCUT2D eigenvalue weighted by Gasteiger charge is 2.09. The average molecular weight is 258 g/mol. The number of carbonyl (C=O) groups excluding carboxylic acids is 1. The fraction of sp³-hybridized carbons (Fsp3) is 0.154. The van der Waals surface area contributed by atoms with E-state index in [1.165, 1.54) is 0 Å². The van der Waals surface area contributed by atoms with Crippen LogP contribution >= 0.6 is 0 Å². The van der Waals surface area contributed by atoms with Crippen LogP contribution in [-0.4, -0.2) is 34.1 Å². The van der Waals surface area contributed by atoms with E-state index in [-0.39, 0.29) is 18.2 Å². The first kappa shape index (κ1) is 13.0. The van der Waals surface area contributed by atoms with Gasteiger partial charge >= 0.3 is 0 Å². The summed E-state index contributed by atoms with van der Waals surface area (Å²) in [5, 5.41) is 11.6. The number of nitrogens with two attached hydrogens (primary N) is 1. The lowest BCUT2D eigenvalue weighted by Gasteiger charge is -2.07. The van der Waals surface area contributed by atoms with Crippen LogP contribution in [0.15, 0.2) is 36.4 Å². The molecule has 1 amide bonds. The van der Waals surface area contributed by atoms with Crippen LogP contribution in [0, 0.1) is 0 Å². The number of carbonyl (C=O) groups is 1. The average Bonchev–Trinajstić information content (AvgIpc) is 2.45. The first-order valence-electron chi connectivity index (χ1n) is 5.80. The number of aliphatic hydroxyl groups excluding tert-OH is 1. The van der Waals surface area contributed by atoms with Crippen LogP contribution in [0.25, 0.3) is 11.3 Å². The van der Waals surface area contributed by atoms with Crippen molar-refractivity contribution in [3.8, 4) is 11.3 Å². The molecule has 98 valence electrons. The van der Waals surface area contributed by atoms with Gasteiger partial charge in [0.25, 0.3) is 5.91 Å². The Balaban J connectivity index is 2.42. The quantitative estimate of drug-likeness (QED) is 0.730. The highest BCUT2D eigenvalue weighted by molar-refractivity contribution is 5.92. The molecule has 0 aliphatic carbocycles. The van der Waals surface area contributed by atoms with Crippen molar-refractivity contribution in [2.24, 2.45) is 5.73 Å². The number of aromatic nitrogens is 2. The topological polar surface area (TPSA) is 101 Å². The number of hydrogen-bond donors (Lipinski definition) is 3. The van der Waals surface area contributed by atoms with Crippen molar-refractivity contribution < 1.29 is 9.90 Å². The van der Waals surface area contributed by atoms with Crippen molar-refractivity contribution in [2.75, 3.05) is 18.5 Å². The number of aliphatic hydroxyl groups is 1. The summed E-state index contributed by atoms with van der Waals surface area (Å²) in [5.74, 6) is -0.351. The fourth-order valence-corrected chi connectivity index (χ4v) is 1.58. The zero-order valence-electron chi connectivity index (χ0n) is 10.2. The maximum Gasteiger partial charge on any atom is 0.267 e. The van der Waals surface area contributed by atoms with Gasteiger partial charge in [0.05, 0.1) is 12.3 Å². The van der Waals surface area contributed by atoms with Crippen LogP contribution in [0.2, 0.25) is 0 Å². The molecule has 19 heavy (non-hydrogen) atoms. The van der Waals surface area contributed by atoms with Gasteiger partial charge in [-0.25, -0.2) is 9.97 Å². The molecule has 6 nitrogen and oxygen atoms in total. The van der Waals surface area contributed by atoms with Gasteiger partial charge in [-0.05, 0) is 6.07 Å². The van der Waals surface area contributed by atoms with Gasteiger partial charge in [0.2, 0.25) is 5.95 Å². The molecular formula is C13H14N4O2. The number of primary amides is 1. The van der Waals surface area contributed by atoms with Crippen molar-refractivity contribution in [2.45, 2.75) is 0 Å². The van der Waals surface area contributed by atoms with Crippen molar-refractivity contribution in [3.63, 3.8) is 0 Å². The lowest BCUT2D eigenvalue weighted by Crippen LogP contribution is -2.16. The summed E-state index contributed by atoms with van der Waals surface area (Å²) in [7, 11) is 0. The Bertz CT molecular complexity index is 572. The molecule has 6 heteroatoms. The number of benzene rings is 1. The number of rotatable bonds is 5. The lowest BCUT2D eigenvalue weighted by atomic mass is 10.1. The van der Waals surface area contributed by atoms with Gasteiger partial charge in [-0.15, -0.1) is 0 Å². The number of anilines is 1. The second kappa shape index (κ2) is 5.92. The number of nitrogens with one attached hydrogen (secondary N) is 1. The van der Waals surface area contributed by atoms with E-state index in [2.05, 4.69) is 15.3 Å². The summed E-state index contributed by atoms with van der Waals surface area (Å²) in [4.78, 5) is 19.5. The largest absolute Gasteiger partial charge is 0.395 e. The molecule has 0 radical (unpaired) electrons. The van der Waals surface area contributed by atoms with E-state index in [0.29, 0.717) is 12.2 Å². The predicted molar refractivity (Wildman–Crippen MR) is 71.6 cm³/mol. The zero-order valence-corrected chi connectivity index (χ0v) is 10.2. The van der Waals surface area contributed by atoms with Crippen LogP contribution in [0.3, 0.4) is 0 Å². The molecule has 0 bridgehead atoms. The van der Waals surface area contributed by atoms with Gasteiger partial charge in [-0.3, -0.25) is 4.79 Å². The van der Waals surface area contributed by atoms with Crippen LogP contribution < -0.4 is 11.1 Å². The fourth-order valence-electron chi connectivity index (χ4n) is 1.58. The molecule has 2 aromatic rings. The van der Waals surface area contributed by atoms with E-state index in [1.54, 1.807) is 6.07 Å². The van der Waals surface area contributed by atoms with Gasteiger partial charge in [-0.2, -0.15) is 0 Å². The van der Waals surface area contributed by atoms with Crippen molar-refractivity contribution >= 4 is 11.9 Å². The minimum Gasteiger partial charge on any atom is -0.395 e. The minimum absolute atomic E-state index is 0.0508. The molecule has 0 aliphatic heterocycles. The summed E-state index contributed by atoms with van der Waals surface area (Å²) < 4.78 is 0. The van der Waals surface area contributed by atoms with Crippen LogP contribution in [-0.2, 0) is 0 Å². The molecule has 0 aliphatic rings. The molecule has 1 heterocycles. The molecule has 1 aromatic carbocycles. The van der Waals surface area contributed by atoms with Crippen LogP contribution in [0.4, 0.5) is 5.95 Å². The molecule has 1 aromatic heterocycles. The summed E-state index contributed by atoms with van der Waals surface area (Å²) >= 11 is 0. The van der Waals surface area contributed by atoms with Gasteiger partial charge in [0, 0.05) is 12.1 Å². The Morgan fingerprint density at radius 1 is 1.26 bits per heavy atom. The molecule has 4 N–H and O–H groups in total. The second-order valence-corrected chi connectivity index (χ2v) is 3.84. The minimum atomic E-state index is -0.619. The summed E-state index contributed by atoms with van der Waals surface area (Å²) in [6.45, 7) is 0.251. The Morgan fingerprint density at radius 2 is 2.00 bits per heavy atom. The lowest BCUT2D eigenvalue weighted by molar-refractivity contribution is 0.0995. The predicted octanol–water partition coefficient (Wildman–Crippen LogP) is 0.647. The highest BCUT2D eigenvalue weighted by Crippen LogP contribution is 2.18. The third-order valence-electron chi connectivity index (χ3n) is 2.44. The number of amides is 1. The second-order valence-electron chi connectivity index (χ2n) is 3.84. The SMILES string of the molecule is NC(=O)c1cc(-c2ccccc2)nc(NCCO)n1. The number of hydrogen-bond acceptors (Lipinski definition) is 5. The Hall–Kier alpha value is -2.47. The molecule has 0 fully saturated rings. The molecule has 0 spiro atoms. The van der Waals surface area contributed by atoms with Gasteiger partial charge in [0.1, 0.15) is 5.69 Å². The van der Waals surface area contributed by atoms with Crippen molar-refractivity contribution in [1.82, 2.24) is 9.97 Å². The van der Waals surface area contributed by atoms with E-state index < -0.39 is 5.91 Å². The maximum atomic E-state index is 11.3. The number of nitrogens with zero attached hydrogens (tertiary/aromatic N) is 2. The molecule has 2 rings (SSSR count). The Labute approximate surface area is 110 Å². The molecule has 0 saturated carbocycles. The summed E-state index contributed by atoms with van der Waals surface area (Å²) in [5.41, 5.74) is 6.85. The first-order chi connectivity index (χ1) is 9.20. The first-order valence-corrected chi connectivity index (χ1v) is 5.80. The smallest absolute Gasteiger partial charge is 0.267 e.